The lowest BCUT2D eigenvalue weighted by Crippen LogP contribution is -3.13. The molecule has 0 aromatic heterocycles. The van der Waals surface area contributed by atoms with Crippen LogP contribution in [0.25, 0.3) is 0 Å². The Morgan fingerprint density at radius 2 is 1.64 bits per heavy atom. The average molecular weight is 338 g/mol. The molecule has 4 nitrogen and oxygen atoms in total. The molecule has 0 spiro atoms. The van der Waals surface area contributed by atoms with E-state index in [0.717, 1.165) is 50.2 Å². The molecule has 0 bridgehead atoms. The Balaban J connectivity index is 1.96. The SMILES string of the molecule is O=S(=O)(CC[NH+]1CCCCC1)c1ccc(OC(F)(F)F)cc1. The van der Waals surface area contributed by atoms with Crippen LogP contribution in [0, 0.1) is 0 Å². The molecule has 0 radical (unpaired) electrons. The fraction of sp³-hybridized carbons (Fsp3) is 0.571. The van der Waals surface area contributed by atoms with Gasteiger partial charge in [0.25, 0.3) is 0 Å². The minimum atomic E-state index is -4.78. The van der Waals surface area contributed by atoms with Gasteiger partial charge in [-0.15, -0.1) is 13.2 Å². The van der Waals surface area contributed by atoms with Crippen molar-refractivity contribution in [3.63, 3.8) is 0 Å². The molecule has 22 heavy (non-hydrogen) atoms. The maximum absolute atomic E-state index is 12.2. The zero-order chi connectivity index (χ0) is 16.2. The highest BCUT2D eigenvalue weighted by molar-refractivity contribution is 7.91. The lowest BCUT2D eigenvalue weighted by atomic mass is 10.1. The van der Waals surface area contributed by atoms with Crippen molar-refractivity contribution in [2.45, 2.75) is 30.5 Å². The van der Waals surface area contributed by atoms with E-state index in [1.165, 1.54) is 11.3 Å². The number of quaternary nitrogens is 1. The summed E-state index contributed by atoms with van der Waals surface area (Å²) in [6.45, 7) is 2.49. The molecule has 1 fully saturated rings. The van der Waals surface area contributed by atoms with Gasteiger partial charge in [0.15, 0.2) is 9.84 Å². The lowest BCUT2D eigenvalue weighted by Gasteiger charge is -2.23. The largest absolute Gasteiger partial charge is 0.573 e. The third-order valence-corrected chi connectivity index (χ3v) is 5.43. The van der Waals surface area contributed by atoms with Crippen LogP contribution in [0.1, 0.15) is 19.3 Å². The van der Waals surface area contributed by atoms with E-state index in [0.29, 0.717) is 6.54 Å². The minimum absolute atomic E-state index is 0.00179. The monoisotopic (exact) mass is 338 g/mol. The summed E-state index contributed by atoms with van der Waals surface area (Å²) in [6.07, 6.45) is -1.37. The number of hydrogen-bond donors (Lipinski definition) is 1. The van der Waals surface area contributed by atoms with Crippen molar-refractivity contribution < 1.29 is 31.2 Å². The van der Waals surface area contributed by atoms with Crippen molar-refractivity contribution in [3.05, 3.63) is 24.3 Å². The van der Waals surface area contributed by atoms with E-state index in [1.807, 2.05) is 0 Å². The molecule has 2 rings (SSSR count). The standard InChI is InChI=1S/C14H18F3NO3S/c15-14(16,17)21-12-4-6-13(7-5-12)22(19,20)11-10-18-8-2-1-3-9-18/h4-7H,1-3,8-11H2/p+1. The number of benzene rings is 1. The van der Waals surface area contributed by atoms with Crippen LogP contribution in [0.2, 0.25) is 0 Å². The highest BCUT2D eigenvalue weighted by atomic mass is 32.2. The zero-order valence-corrected chi connectivity index (χ0v) is 12.8. The van der Waals surface area contributed by atoms with Crippen molar-refractivity contribution in [2.75, 3.05) is 25.4 Å². The van der Waals surface area contributed by atoms with E-state index in [4.69, 9.17) is 0 Å². The van der Waals surface area contributed by atoms with E-state index < -0.39 is 21.9 Å². The van der Waals surface area contributed by atoms with E-state index in [2.05, 4.69) is 4.74 Å². The first-order valence-corrected chi connectivity index (χ1v) is 8.84. The van der Waals surface area contributed by atoms with Crippen molar-refractivity contribution >= 4 is 9.84 Å². The third-order valence-electron chi connectivity index (χ3n) is 3.70. The Kier molecular flexibility index (Phi) is 5.33. The minimum Gasteiger partial charge on any atom is -0.406 e. The van der Waals surface area contributed by atoms with Gasteiger partial charge in [0.2, 0.25) is 0 Å². The molecule has 1 heterocycles. The van der Waals surface area contributed by atoms with E-state index in [1.54, 1.807) is 0 Å². The fourth-order valence-corrected chi connectivity index (χ4v) is 3.89. The smallest absolute Gasteiger partial charge is 0.406 e. The number of ether oxygens (including phenoxy) is 1. The van der Waals surface area contributed by atoms with Crippen LogP contribution < -0.4 is 9.64 Å². The number of rotatable bonds is 5. The number of piperidine rings is 1. The first-order valence-electron chi connectivity index (χ1n) is 7.18. The summed E-state index contributed by atoms with van der Waals surface area (Å²) in [6, 6.07) is 4.35. The molecule has 1 aliphatic heterocycles. The van der Waals surface area contributed by atoms with Gasteiger partial charge in [-0.1, -0.05) is 0 Å². The Labute approximate surface area is 127 Å². The van der Waals surface area contributed by atoms with Crippen molar-refractivity contribution in [3.8, 4) is 5.75 Å². The van der Waals surface area contributed by atoms with Crippen molar-refractivity contribution in [2.24, 2.45) is 0 Å². The van der Waals surface area contributed by atoms with Crippen LogP contribution in [0.5, 0.6) is 5.75 Å². The average Bonchev–Trinajstić information content (AvgIpc) is 2.45. The Morgan fingerprint density at radius 3 is 2.18 bits per heavy atom. The predicted octanol–water partition coefficient (Wildman–Crippen LogP) is 1.43. The lowest BCUT2D eigenvalue weighted by molar-refractivity contribution is -0.902. The Morgan fingerprint density at radius 1 is 1.05 bits per heavy atom. The van der Waals surface area contributed by atoms with Crippen LogP contribution in [0.15, 0.2) is 29.2 Å². The van der Waals surface area contributed by atoms with Gasteiger partial charge in [0.05, 0.1) is 24.5 Å². The highest BCUT2D eigenvalue weighted by Crippen LogP contribution is 2.24. The molecule has 0 amide bonds. The first-order chi connectivity index (χ1) is 10.3. The maximum Gasteiger partial charge on any atom is 0.573 e. The van der Waals surface area contributed by atoms with E-state index >= 15 is 0 Å². The van der Waals surface area contributed by atoms with Crippen LogP contribution in [-0.2, 0) is 9.84 Å². The molecule has 0 aliphatic carbocycles. The molecule has 8 heteroatoms. The topological polar surface area (TPSA) is 47.8 Å². The molecule has 1 aliphatic rings. The molecule has 124 valence electrons. The van der Waals surface area contributed by atoms with E-state index in [-0.39, 0.29) is 10.6 Å². The number of likely N-dealkylation sites (tertiary alicyclic amines) is 1. The molecule has 1 saturated heterocycles. The summed E-state index contributed by atoms with van der Waals surface area (Å²) in [5, 5.41) is 0. The second-order valence-electron chi connectivity index (χ2n) is 5.40. The normalized spacial score (nSPS) is 17.4. The van der Waals surface area contributed by atoms with Crippen LogP contribution >= 0.6 is 0 Å². The first kappa shape index (κ1) is 17.1. The van der Waals surface area contributed by atoms with Gasteiger partial charge in [-0.3, -0.25) is 0 Å². The van der Waals surface area contributed by atoms with Gasteiger partial charge < -0.3 is 9.64 Å². The molecule has 1 aromatic carbocycles. The molecule has 1 N–H and O–H groups in total. The van der Waals surface area contributed by atoms with Gasteiger partial charge in [-0.25, -0.2) is 8.42 Å². The molecule has 0 saturated carbocycles. The summed E-state index contributed by atoms with van der Waals surface area (Å²) in [7, 11) is -3.48. The summed E-state index contributed by atoms with van der Waals surface area (Å²) in [5.41, 5.74) is 0. The number of halogens is 3. The Hall–Kier alpha value is -1.28. The van der Waals surface area contributed by atoms with Crippen LogP contribution in [0.3, 0.4) is 0 Å². The highest BCUT2D eigenvalue weighted by Gasteiger charge is 2.31. The van der Waals surface area contributed by atoms with Gasteiger partial charge in [-0.2, -0.15) is 0 Å². The predicted molar refractivity (Wildman–Crippen MR) is 74.6 cm³/mol. The third kappa shape index (κ3) is 5.17. The van der Waals surface area contributed by atoms with E-state index in [9.17, 15) is 21.6 Å². The summed E-state index contributed by atoms with van der Waals surface area (Å²) in [4.78, 5) is 1.30. The maximum atomic E-state index is 12.2. The molecular formula is C14H19F3NO3S+. The number of alkyl halides is 3. The van der Waals surface area contributed by atoms with Gasteiger partial charge >= 0.3 is 6.36 Å². The van der Waals surface area contributed by atoms with Crippen LogP contribution in [0.4, 0.5) is 13.2 Å². The summed E-state index contributed by atoms with van der Waals surface area (Å²) < 4.78 is 64.3. The Bertz CT molecular complexity index is 578. The van der Waals surface area contributed by atoms with Crippen molar-refractivity contribution in [1.29, 1.82) is 0 Å². The second kappa shape index (κ2) is 6.87. The fourth-order valence-electron chi connectivity index (χ4n) is 2.55. The van der Waals surface area contributed by atoms with Crippen LogP contribution in [-0.4, -0.2) is 40.2 Å². The number of sulfone groups is 1. The van der Waals surface area contributed by atoms with Gasteiger partial charge in [-0.05, 0) is 43.5 Å². The van der Waals surface area contributed by atoms with Crippen molar-refractivity contribution in [1.82, 2.24) is 0 Å². The second-order valence-corrected chi connectivity index (χ2v) is 7.51. The summed E-state index contributed by atoms with van der Waals surface area (Å²) in [5.74, 6) is -0.421. The van der Waals surface area contributed by atoms with Gasteiger partial charge in [0, 0.05) is 0 Å². The molecule has 1 aromatic rings. The molecular weight excluding hydrogens is 319 g/mol. The molecule has 0 atom stereocenters. The van der Waals surface area contributed by atoms with Gasteiger partial charge in [0.1, 0.15) is 11.5 Å². The number of nitrogens with one attached hydrogen (secondary N) is 1. The summed E-state index contributed by atoms with van der Waals surface area (Å²) >= 11 is 0. The molecule has 0 unspecified atom stereocenters. The quantitative estimate of drug-likeness (QED) is 0.884. The zero-order valence-electron chi connectivity index (χ0n) is 12.0. The number of hydrogen-bond acceptors (Lipinski definition) is 3.